The number of halogens is 3. The summed E-state index contributed by atoms with van der Waals surface area (Å²) in [6, 6.07) is 39.7. The normalized spacial score (nSPS) is 13.5. The van der Waals surface area contributed by atoms with Crippen LogP contribution in [0.25, 0.3) is 44.7 Å². The van der Waals surface area contributed by atoms with Crippen LogP contribution in [0.2, 0.25) is 0 Å². The minimum absolute atomic E-state index is 0.137. The molecule has 1 saturated heterocycles. The molecule has 0 amide bonds. The molecule has 9 rings (SSSR count). The number of carbonyl (C=O) groups is 1. The summed E-state index contributed by atoms with van der Waals surface area (Å²) in [6.45, 7) is 3.51. The molecule has 4 heterocycles. The van der Waals surface area contributed by atoms with Crippen molar-refractivity contribution in [3.05, 3.63) is 165 Å². The van der Waals surface area contributed by atoms with Gasteiger partial charge in [0.1, 0.15) is 23.7 Å². The second kappa shape index (κ2) is 19.6. The van der Waals surface area contributed by atoms with Gasteiger partial charge in [-0.3, -0.25) is 9.78 Å². The summed E-state index contributed by atoms with van der Waals surface area (Å²) in [5.41, 5.74) is 7.14. The van der Waals surface area contributed by atoms with E-state index in [2.05, 4.69) is 100.0 Å². The summed E-state index contributed by atoms with van der Waals surface area (Å²) in [6.07, 6.45) is 5.08. The molecule has 2 fully saturated rings. The van der Waals surface area contributed by atoms with Gasteiger partial charge in [-0.05, 0) is 90.2 Å². The first-order valence-corrected chi connectivity index (χ1v) is 21.0. The molecular weight excluding hydrogens is 884 g/mol. The van der Waals surface area contributed by atoms with Crippen LogP contribution in [0, 0.1) is 5.82 Å². The van der Waals surface area contributed by atoms with Crippen LogP contribution in [-0.4, -0.2) is 51.8 Å². The van der Waals surface area contributed by atoms with Crippen molar-refractivity contribution in [1.29, 1.82) is 0 Å². The number of nitrogens with zero attached hydrogens (tertiary/aromatic N) is 4. The molecule has 0 bridgehead atoms. The van der Waals surface area contributed by atoms with Crippen molar-refractivity contribution in [3.63, 3.8) is 0 Å². The van der Waals surface area contributed by atoms with E-state index in [1.54, 1.807) is 12.3 Å². The van der Waals surface area contributed by atoms with Crippen molar-refractivity contribution >= 4 is 48.6 Å². The topological polar surface area (TPSA) is 110 Å². The zero-order chi connectivity index (χ0) is 41.3. The summed E-state index contributed by atoms with van der Waals surface area (Å²) < 4.78 is 23.4. The van der Waals surface area contributed by atoms with Crippen LogP contribution in [0.3, 0.4) is 0 Å². The third-order valence-corrected chi connectivity index (χ3v) is 10.6. The molecule has 9 nitrogen and oxygen atoms in total. The van der Waals surface area contributed by atoms with Crippen LogP contribution < -0.4 is 20.4 Å². The number of hydrogen-bond acceptors (Lipinski definition) is 7. The Morgan fingerprint density at radius 2 is 1.53 bits per heavy atom. The predicted octanol–water partition coefficient (Wildman–Crippen LogP) is 10.1. The SMILES string of the molecule is Brc1ccc(-c2cc(-c3ccc(OCc4ccccc4)cc3)cc(-c3ccccn3)n2)cc1.O=C(O)c1cn(C2CC2)c2cc(N3CCNCC3)c(F)cc2c1=O.[Cl][Cu]. The number of carboxylic acids is 1. The molecule has 13 heteroatoms. The summed E-state index contributed by atoms with van der Waals surface area (Å²) in [7, 11) is 4.20. The summed E-state index contributed by atoms with van der Waals surface area (Å²) in [5, 5.41) is 12.6. The molecule has 1 aliphatic heterocycles. The van der Waals surface area contributed by atoms with Crippen molar-refractivity contribution in [1.82, 2.24) is 19.9 Å². The maximum atomic E-state index is 14.6. The van der Waals surface area contributed by atoms with Gasteiger partial charge in [-0.15, -0.1) is 0 Å². The Kier molecular flexibility index (Phi) is 13.9. The number of hydrogen-bond donors (Lipinski definition) is 2. The van der Waals surface area contributed by atoms with Crippen LogP contribution in [0.1, 0.15) is 34.8 Å². The quantitative estimate of drug-likeness (QED) is 0.138. The number of fused-ring (bicyclic) bond motifs is 1. The van der Waals surface area contributed by atoms with Crippen LogP contribution in [-0.2, 0) is 21.7 Å². The molecule has 0 unspecified atom stereocenters. The number of benzene rings is 4. The van der Waals surface area contributed by atoms with Gasteiger partial charge in [0.25, 0.3) is 0 Å². The van der Waals surface area contributed by atoms with Gasteiger partial charge in [-0.2, -0.15) is 0 Å². The van der Waals surface area contributed by atoms with E-state index in [0.29, 0.717) is 30.9 Å². The minimum atomic E-state index is -1.28. The van der Waals surface area contributed by atoms with E-state index in [0.717, 1.165) is 75.5 Å². The standard InChI is InChI=1S/C29H21BrN2O.C17H18FN3O3.ClH.Cu/c30-25-13-9-23(10-14-25)28-18-24(19-29(32-28)27-8-4-5-17-31-27)22-11-15-26(16-12-22)33-20-21-6-2-1-3-7-21;18-13-7-11-14(8-15(13)20-5-3-19-4-6-20)21(10-1-2-10)9-12(16(11)22)17(23)24;;/h1-19H,20H2;7-10,19H,1-6H2,(H,23,24);1H;/q;;;+1/p-1. The number of carboxylic acid groups (broad SMARTS) is 1. The molecule has 0 radical (unpaired) electrons. The maximum absolute atomic E-state index is 14.6. The second-order valence-electron chi connectivity index (χ2n) is 14.0. The Bertz CT molecular complexity index is 2590. The van der Waals surface area contributed by atoms with Gasteiger partial charge in [0.05, 0.1) is 28.3 Å². The molecule has 7 aromatic rings. The summed E-state index contributed by atoms with van der Waals surface area (Å²) in [4.78, 5) is 35.1. The fourth-order valence-corrected chi connectivity index (χ4v) is 7.17. The zero-order valence-electron chi connectivity index (χ0n) is 31.6. The second-order valence-corrected chi connectivity index (χ2v) is 14.9. The number of pyridine rings is 3. The molecule has 2 N–H and O–H groups in total. The summed E-state index contributed by atoms with van der Waals surface area (Å²) in [5.74, 6) is -0.913. The van der Waals surface area contributed by atoms with E-state index in [1.807, 2.05) is 70.1 Å². The van der Waals surface area contributed by atoms with E-state index in [9.17, 15) is 19.1 Å². The summed E-state index contributed by atoms with van der Waals surface area (Å²) >= 11 is 7.17. The Morgan fingerprint density at radius 3 is 2.19 bits per heavy atom. The molecular formula is C46H39BrClCuFN5O4. The molecule has 0 spiro atoms. The van der Waals surface area contributed by atoms with E-state index < -0.39 is 17.2 Å². The van der Waals surface area contributed by atoms with Gasteiger partial charge in [-0.25, -0.2) is 14.2 Å². The van der Waals surface area contributed by atoms with Gasteiger partial charge >= 0.3 is 31.2 Å². The average molecular weight is 924 g/mol. The molecule has 1 saturated carbocycles. The Morgan fingerprint density at radius 1 is 0.847 bits per heavy atom. The van der Waals surface area contributed by atoms with Gasteiger partial charge in [0.2, 0.25) is 5.43 Å². The number of aromatic nitrogens is 3. The number of anilines is 1. The molecule has 304 valence electrons. The number of nitrogens with one attached hydrogen (secondary N) is 1. The number of piperazine rings is 1. The average Bonchev–Trinajstić information content (AvgIpc) is 4.14. The first-order valence-electron chi connectivity index (χ1n) is 19.0. The molecule has 59 heavy (non-hydrogen) atoms. The van der Waals surface area contributed by atoms with Crippen molar-refractivity contribution in [3.8, 4) is 39.5 Å². The van der Waals surface area contributed by atoms with Crippen LogP contribution in [0.4, 0.5) is 10.1 Å². The van der Waals surface area contributed by atoms with Crippen molar-refractivity contribution in [2.45, 2.75) is 25.5 Å². The van der Waals surface area contributed by atoms with Crippen molar-refractivity contribution in [2.24, 2.45) is 0 Å². The van der Waals surface area contributed by atoms with Gasteiger partial charge in [0, 0.05) is 60.0 Å². The molecule has 2 aliphatic rings. The van der Waals surface area contributed by atoms with Crippen molar-refractivity contribution < 1.29 is 34.1 Å². The van der Waals surface area contributed by atoms with Crippen LogP contribution in [0.5, 0.6) is 5.75 Å². The van der Waals surface area contributed by atoms with Crippen molar-refractivity contribution in [2.75, 3.05) is 31.1 Å². The number of rotatable bonds is 9. The number of ether oxygens (including phenoxy) is 1. The van der Waals surface area contributed by atoms with Gasteiger partial charge < -0.3 is 24.6 Å². The molecule has 1 aliphatic carbocycles. The molecule has 4 aromatic carbocycles. The third kappa shape index (κ3) is 10.3. The van der Waals surface area contributed by atoms with Crippen LogP contribution in [0.15, 0.2) is 143 Å². The van der Waals surface area contributed by atoms with Crippen LogP contribution >= 0.6 is 26.0 Å². The zero-order valence-corrected chi connectivity index (χ0v) is 34.9. The Hall–Kier alpha value is -5.36. The number of aromatic carboxylic acids is 1. The Balaban J connectivity index is 0.000000180. The third-order valence-electron chi connectivity index (χ3n) is 10.1. The van der Waals surface area contributed by atoms with E-state index in [1.165, 1.54) is 12.3 Å². The fraction of sp³-hybridized carbons (Fsp3) is 0.174. The van der Waals surface area contributed by atoms with E-state index in [4.69, 9.17) is 9.72 Å². The predicted molar refractivity (Wildman–Crippen MR) is 231 cm³/mol. The van der Waals surface area contributed by atoms with Gasteiger partial charge in [-0.1, -0.05) is 76.6 Å². The molecule has 0 atom stereocenters. The first-order chi connectivity index (χ1) is 28.8. The van der Waals surface area contributed by atoms with E-state index >= 15 is 0 Å². The van der Waals surface area contributed by atoms with E-state index in [-0.39, 0.29) is 17.0 Å². The first kappa shape index (κ1) is 41.8. The molecule has 3 aromatic heterocycles. The fourth-order valence-electron chi connectivity index (χ4n) is 6.91. The Labute approximate surface area is 362 Å². The van der Waals surface area contributed by atoms with Gasteiger partial charge in [0.15, 0.2) is 0 Å². The monoisotopic (exact) mass is 921 g/mol.